The number of aromatic nitrogens is 1. The lowest BCUT2D eigenvalue weighted by molar-refractivity contribution is -0.258. The van der Waals surface area contributed by atoms with Crippen molar-refractivity contribution < 1.29 is 45.5 Å². The van der Waals surface area contributed by atoms with Gasteiger partial charge in [-0.1, -0.05) is 12.1 Å². The Morgan fingerprint density at radius 1 is 0.702 bits per heavy atom. The summed E-state index contributed by atoms with van der Waals surface area (Å²) < 4.78 is 98.4. The summed E-state index contributed by atoms with van der Waals surface area (Å²) in [7, 11) is 1.35. The monoisotopic (exact) mass is 823 g/mol. The zero-order valence-corrected chi connectivity index (χ0v) is 33.5. The lowest BCUT2D eigenvalue weighted by atomic mass is 9.68. The second-order valence-corrected chi connectivity index (χ2v) is 18.8. The van der Waals surface area contributed by atoms with Crippen LogP contribution in [-0.4, -0.2) is 67.7 Å². The number of nitrogens with zero attached hydrogens (tertiary/aromatic N) is 3. The van der Waals surface area contributed by atoms with Crippen molar-refractivity contribution in [3.8, 4) is 0 Å². The van der Waals surface area contributed by atoms with Gasteiger partial charge in [0.1, 0.15) is 5.60 Å². The van der Waals surface area contributed by atoms with E-state index in [1.165, 1.54) is 68.1 Å². The van der Waals surface area contributed by atoms with Crippen molar-refractivity contribution in [2.24, 2.45) is 0 Å². The molecule has 0 bridgehead atoms. The minimum absolute atomic E-state index is 0.0981. The number of carbonyl (C=O) groups is 3. The zero-order chi connectivity index (χ0) is 41.6. The number of imide groups is 1. The van der Waals surface area contributed by atoms with E-state index in [0.717, 1.165) is 16.7 Å². The van der Waals surface area contributed by atoms with E-state index in [1.807, 2.05) is 0 Å². The molecule has 2 atom stereocenters. The topological polar surface area (TPSA) is 79.8 Å². The molecule has 7 nitrogen and oxygen atoms in total. The molecule has 0 radical (unpaired) electrons. The molecule has 8 rings (SSSR count). The molecule has 3 aromatic rings. The molecule has 4 heterocycles. The first-order valence-electron chi connectivity index (χ1n) is 17.9. The Hall–Kier alpha value is -4.76. The highest BCUT2D eigenvalue weighted by atomic mass is 32.2. The fourth-order valence-electron chi connectivity index (χ4n) is 8.49. The van der Waals surface area contributed by atoms with Crippen molar-refractivity contribution in [1.29, 1.82) is 0 Å². The Morgan fingerprint density at radius 3 is 1.65 bits per heavy atom. The van der Waals surface area contributed by atoms with Gasteiger partial charge in [-0.25, -0.2) is 9.69 Å². The number of hydrogen-bond donors (Lipinski definition) is 0. The highest BCUT2D eigenvalue weighted by Gasteiger charge is 2.84. The van der Waals surface area contributed by atoms with Crippen molar-refractivity contribution in [2.75, 3.05) is 11.9 Å². The molecule has 1 fully saturated rings. The van der Waals surface area contributed by atoms with Gasteiger partial charge in [0.05, 0.1) is 32.0 Å². The SMILES string of the molecule is CC1=C(c2ccncc2)SC2(C)C1=C1C(=C3C(C)=C(c4ccc(N(C(=O)OC(C)(C)C)c5ccc6c(c5)C(=O)N(C)C6=O)cc4)SC32C)C(F)(F)C(F)(F)C1(F)F. The van der Waals surface area contributed by atoms with Crippen LogP contribution in [0.2, 0.25) is 0 Å². The largest absolute Gasteiger partial charge is 0.443 e. The number of fused-ring (bicyclic) bond motifs is 5. The number of alkyl halides is 6. The van der Waals surface area contributed by atoms with Crippen molar-refractivity contribution in [3.63, 3.8) is 0 Å². The van der Waals surface area contributed by atoms with E-state index in [1.54, 1.807) is 71.0 Å². The predicted octanol–water partition coefficient (Wildman–Crippen LogP) is 11.1. The third-order valence-electron chi connectivity index (χ3n) is 11.3. The Labute approximate surface area is 332 Å². The average Bonchev–Trinajstić information content (AvgIpc) is 3.69. The molecule has 2 aliphatic carbocycles. The van der Waals surface area contributed by atoms with Crippen LogP contribution in [0.1, 0.15) is 80.3 Å². The van der Waals surface area contributed by atoms with E-state index < -0.39 is 61.9 Å². The minimum atomic E-state index is -5.70. The van der Waals surface area contributed by atoms with Crippen molar-refractivity contribution >= 4 is 62.6 Å². The maximum absolute atomic E-state index is 16.2. The Bertz CT molecular complexity index is 2490. The van der Waals surface area contributed by atoms with Gasteiger partial charge in [0.25, 0.3) is 11.8 Å². The summed E-state index contributed by atoms with van der Waals surface area (Å²) in [6.07, 6.45) is 2.21. The van der Waals surface area contributed by atoms with Crippen LogP contribution < -0.4 is 4.90 Å². The predicted molar refractivity (Wildman–Crippen MR) is 208 cm³/mol. The van der Waals surface area contributed by atoms with Gasteiger partial charge in [0.2, 0.25) is 0 Å². The van der Waals surface area contributed by atoms with Gasteiger partial charge in [-0.15, -0.1) is 23.5 Å². The average molecular weight is 824 g/mol. The van der Waals surface area contributed by atoms with Crippen LogP contribution in [0.25, 0.3) is 9.81 Å². The van der Waals surface area contributed by atoms with Crippen LogP contribution in [0.4, 0.5) is 42.5 Å². The Morgan fingerprint density at radius 2 is 1.16 bits per heavy atom. The van der Waals surface area contributed by atoms with Crippen LogP contribution >= 0.6 is 23.5 Å². The summed E-state index contributed by atoms with van der Waals surface area (Å²) in [5.74, 6) is -17.1. The lowest BCUT2D eigenvalue weighted by Crippen LogP contribution is -2.49. The maximum Gasteiger partial charge on any atom is 0.419 e. The number of benzene rings is 2. The van der Waals surface area contributed by atoms with Gasteiger partial charge in [0, 0.05) is 40.4 Å². The Balaban J connectivity index is 1.27. The summed E-state index contributed by atoms with van der Waals surface area (Å²) in [5.41, 5.74) is -1.90. The van der Waals surface area contributed by atoms with Crippen LogP contribution in [0.15, 0.2) is 100 Å². The molecule has 3 amide bonds. The molecule has 3 aliphatic heterocycles. The molecule has 2 unspecified atom stereocenters. The smallest absolute Gasteiger partial charge is 0.419 e. The van der Waals surface area contributed by atoms with Crippen LogP contribution in [0.3, 0.4) is 0 Å². The number of ether oxygens (including phenoxy) is 1. The number of anilines is 2. The first-order chi connectivity index (χ1) is 26.4. The number of amides is 3. The first-order valence-corrected chi connectivity index (χ1v) is 19.5. The molecule has 2 aromatic carbocycles. The normalized spacial score (nSPS) is 25.6. The molecule has 0 N–H and O–H groups in total. The Kier molecular flexibility index (Phi) is 8.32. The van der Waals surface area contributed by atoms with Gasteiger partial charge in [-0.3, -0.25) is 19.5 Å². The third-order valence-corrected chi connectivity index (χ3v) is 15.0. The highest BCUT2D eigenvalue weighted by Crippen LogP contribution is 2.77. The summed E-state index contributed by atoms with van der Waals surface area (Å²) in [4.78, 5) is 46.3. The minimum Gasteiger partial charge on any atom is -0.443 e. The summed E-state index contributed by atoms with van der Waals surface area (Å²) in [5, 5.41) is 0. The number of rotatable bonds is 4. The second kappa shape index (κ2) is 12.1. The second-order valence-electron chi connectivity index (χ2n) is 15.9. The van der Waals surface area contributed by atoms with Gasteiger partial charge in [-0.2, -0.15) is 26.3 Å². The maximum atomic E-state index is 16.2. The van der Waals surface area contributed by atoms with Gasteiger partial charge in [-0.05, 0) is 124 Å². The molecule has 1 saturated carbocycles. The van der Waals surface area contributed by atoms with E-state index in [9.17, 15) is 14.4 Å². The van der Waals surface area contributed by atoms with Crippen LogP contribution in [0, 0.1) is 0 Å². The van der Waals surface area contributed by atoms with Crippen molar-refractivity contribution in [3.05, 3.63) is 123 Å². The van der Waals surface area contributed by atoms with Gasteiger partial charge in [0.15, 0.2) is 0 Å². The molecule has 5 aliphatic rings. The van der Waals surface area contributed by atoms with Gasteiger partial charge >= 0.3 is 23.9 Å². The molecule has 57 heavy (non-hydrogen) atoms. The number of carbonyl (C=O) groups excluding carboxylic acids is 3. The summed E-state index contributed by atoms with van der Waals surface area (Å²) in [6, 6.07) is 14.0. The fraction of sp³-hybridized carbons (Fsp3) is 0.333. The quantitative estimate of drug-likeness (QED) is 0.191. The molecule has 15 heteroatoms. The molecule has 0 saturated heterocycles. The van der Waals surface area contributed by atoms with E-state index in [-0.39, 0.29) is 44.8 Å². The highest BCUT2D eigenvalue weighted by molar-refractivity contribution is 8.14. The van der Waals surface area contributed by atoms with Crippen LogP contribution in [-0.2, 0) is 4.74 Å². The number of thioether (sulfide) groups is 2. The third kappa shape index (κ3) is 5.09. The van der Waals surface area contributed by atoms with E-state index in [2.05, 4.69) is 4.98 Å². The number of hydrogen-bond acceptors (Lipinski definition) is 7. The molecular weight excluding hydrogens is 789 g/mol. The molecule has 296 valence electrons. The lowest BCUT2D eigenvalue weighted by Gasteiger charge is -2.48. The first kappa shape index (κ1) is 39.1. The van der Waals surface area contributed by atoms with E-state index in [0.29, 0.717) is 20.9 Å². The standard InChI is InChI=1S/C42H35F6N3O4S2/c1-20-28-30-31(41(45,46)42(47,48)40(30,43)44)29-21(2)33(23-15-17-49-18-16-23)57-39(29,7)38(28,6)56-32(20)22-9-11-24(12-10-22)51(36(54)55-37(3,4)5)25-13-14-26-27(19-25)35(53)50(8)34(26)52/h9-19H,1-8H3. The summed E-state index contributed by atoms with van der Waals surface area (Å²) in [6.45, 7) is 11.3. The molecule has 1 aromatic heterocycles. The van der Waals surface area contributed by atoms with Crippen molar-refractivity contribution in [1.82, 2.24) is 9.88 Å². The summed E-state index contributed by atoms with van der Waals surface area (Å²) >= 11 is 2.33. The molecular formula is C42H35F6N3O4S2. The fourth-order valence-corrected chi connectivity index (χ4v) is 11.9. The zero-order valence-electron chi connectivity index (χ0n) is 31.9. The molecule has 0 spiro atoms. The number of halogens is 6. The number of allylic oxidation sites excluding steroid dienone is 4. The van der Waals surface area contributed by atoms with E-state index in [4.69, 9.17) is 4.74 Å². The number of pyridine rings is 1. The van der Waals surface area contributed by atoms with Crippen molar-refractivity contribution in [2.45, 2.75) is 81.3 Å². The van der Waals surface area contributed by atoms with Gasteiger partial charge < -0.3 is 4.74 Å². The van der Waals surface area contributed by atoms with E-state index >= 15 is 26.3 Å². The van der Waals surface area contributed by atoms with Crippen LogP contribution in [0.5, 0.6) is 0 Å².